The van der Waals surface area contributed by atoms with Crippen LogP contribution in [0.25, 0.3) is 0 Å². The lowest BCUT2D eigenvalue weighted by atomic mass is 10.2. The molecule has 0 fully saturated rings. The summed E-state index contributed by atoms with van der Waals surface area (Å²) in [5.41, 5.74) is 0. The Bertz CT molecular complexity index is 376. The van der Waals surface area contributed by atoms with Crippen molar-refractivity contribution in [3.63, 3.8) is 0 Å². The van der Waals surface area contributed by atoms with E-state index >= 15 is 0 Å². The quantitative estimate of drug-likeness (QED) is 0.293. The van der Waals surface area contributed by atoms with E-state index in [4.69, 9.17) is 9.68 Å². The summed E-state index contributed by atoms with van der Waals surface area (Å²) >= 11 is 0. The molecule has 28 heavy (non-hydrogen) atoms. The normalized spacial score (nSPS) is 12.1. The first-order valence-electron chi connectivity index (χ1n) is 10.9. The summed E-state index contributed by atoms with van der Waals surface area (Å²) in [6.07, 6.45) is 1.89. The van der Waals surface area contributed by atoms with Crippen LogP contribution in [0.1, 0.15) is 81.1 Å². The van der Waals surface area contributed by atoms with Crippen LogP contribution >= 0.6 is 0 Å². The van der Waals surface area contributed by atoms with Crippen molar-refractivity contribution >= 4 is 11.9 Å². The summed E-state index contributed by atoms with van der Waals surface area (Å²) in [4.78, 5) is 35.2. The van der Waals surface area contributed by atoms with Gasteiger partial charge in [-0.05, 0) is 36.5 Å². The van der Waals surface area contributed by atoms with Gasteiger partial charge in [-0.15, -0.1) is 10.1 Å². The van der Waals surface area contributed by atoms with E-state index in [-0.39, 0.29) is 11.9 Å². The molecule has 0 rings (SSSR count). The van der Waals surface area contributed by atoms with E-state index in [1.165, 1.54) is 0 Å². The second-order valence-corrected chi connectivity index (χ2v) is 9.40. The molecule has 0 aromatic rings. The molecule has 0 aliphatic rings. The number of carbonyl (C=O) groups excluding carboxylic acids is 2. The van der Waals surface area contributed by atoms with E-state index in [0.717, 1.165) is 26.2 Å². The lowest BCUT2D eigenvalue weighted by molar-refractivity contribution is -0.197. The van der Waals surface area contributed by atoms with Crippen LogP contribution in [0.2, 0.25) is 0 Å². The lowest BCUT2D eigenvalue weighted by Gasteiger charge is -2.25. The van der Waals surface area contributed by atoms with Gasteiger partial charge in [0.1, 0.15) is 0 Å². The molecule has 166 valence electrons. The van der Waals surface area contributed by atoms with Gasteiger partial charge in [-0.3, -0.25) is 9.59 Å². The van der Waals surface area contributed by atoms with Gasteiger partial charge in [0.2, 0.25) is 0 Å². The van der Waals surface area contributed by atoms with Crippen molar-refractivity contribution in [3.8, 4) is 0 Å². The van der Waals surface area contributed by atoms with Crippen LogP contribution in [-0.2, 0) is 19.3 Å². The van der Waals surface area contributed by atoms with Gasteiger partial charge in [0.25, 0.3) is 0 Å². The maximum atomic E-state index is 12.1. The number of unbranched alkanes of at least 4 members (excludes halogenated alkanes) is 1. The standard InChI is InChI=1S/C22H44N2O4/c1-17(2)13-23(14-18(3)4)27-21(25)11-9-10-12-22(26)28-24(15-19(5)6)16-20(7)8/h17-20H,9-16H2,1-8H3. The molecule has 0 spiro atoms. The van der Waals surface area contributed by atoms with Crippen molar-refractivity contribution in [1.29, 1.82) is 0 Å². The van der Waals surface area contributed by atoms with Gasteiger partial charge in [-0.1, -0.05) is 55.4 Å². The monoisotopic (exact) mass is 400 g/mol. The molecule has 0 aliphatic heterocycles. The van der Waals surface area contributed by atoms with Gasteiger partial charge in [0.15, 0.2) is 0 Å². The highest BCUT2D eigenvalue weighted by Crippen LogP contribution is 2.10. The van der Waals surface area contributed by atoms with E-state index in [1.807, 2.05) is 0 Å². The number of hydrogen-bond donors (Lipinski definition) is 0. The van der Waals surface area contributed by atoms with Crippen LogP contribution in [-0.4, -0.2) is 48.2 Å². The minimum absolute atomic E-state index is 0.226. The maximum absolute atomic E-state index is 12.1. The van der Waals surface area contributed by atoms with Crippen molar-refractivity contribution < 1.29 is 19.3 Å². The molecule has 0 saturated carbocycles. The van der Waals surface area contributed by atoms with E-state index < -0.39 is 0 Å². The van der Waals surface area contributed by atoms with Crippen molar-refractivity contribution in [2.75, 3.05) is 26.2 Å². The second-order valence-electron chi connectivity index (χ2n) is 9.40. The third-order valence-electron chi connectivity index (χ3n) is 3.75. The number of rotatable bonds is 15. The molecule has 0 amide bonds. The fourth-order valence-corrected chi connectivity index (χ4v) is 2.85. The molecule has 0 atom stereocenters. The highest BCUT2D eigenvalue weighted by molar-refractivity contribution is 5.70. The first-order valence-corrected chi connectivity index (χ1v) is 10.9. The van der Waals surface area contributed by atoms with Gasteiger partial charge < -0.3 is 9.68 Å². The molecule has 0 N–H and O–H groups in total. The number of nitrogens with zero attached hydrogens (tertiary/aromatic N) is 2. The fourth-order valence-electron chi connectivity index (χ4n) is 2.85. The number of hydroxylamine groups is 4. The minimum Gasteiger partial charge on any atom is -0.368 e. The van der Waals surface area contributed by atoms with E-state index in [0.29, 0.717) is 49.4 Å². The Hall–Kier alpha value is -1.14. The molecular formula is C22H44N2O4. The zero-order valence-electron chi connectivity index (χ0n) is 19.5. The molecule has 6 heteroatoms. The molecule has 0 aromatic carbocycles. The molecule has 0 bridgehead atoms. The van der Waals surface area contributed by atoms with Crippen LogP contribution in [0.4, 0.5) is 0 Å². The average molecular weight is 401 g/mol. The largest absolute Gasteiger partial charge is 0.368 e. The summed E-state index contributed by atoms with van der Waals surface area (Å²) in [6.45, 7) is 19.8. The maximum Gasteiger partial charge on any atom is 0.325 e. The SMILES string of the molecule is CC(C)CN(CC(C)C)OC(=O)CCCCC(=O)ON(CC(C)C)CC(C)C. The van der Waals surface area contributed by atoms with Gasteiger partial charge in [0, 0.05) is 39.0 Å². The first-order chi connectivity index (χ1) is 13.0. The van der Waals surface area contributed by atoms with Crippen molar-refractivity contribution in [1.82, 2.24) is 10.1 Å². The van der Waals surface area contributed by atoms with Crippen LogP contribution in [0, 0.1) is 23.7 Å². The Kier molecular flexibility index (Phi) is 14.2. The lowest BCUT2D eigenvalue weighted by Crippen LogP contribution is -2.34. The first kappa shape index (κ1) is 26.9. The fraction of sp³-hybridized carbons (Fsp3) is 0.909. The van der Waals surface area contributed by atoms with Crippen molar-refractivity contribution in [2.24, 2.45) is 23.7 Å². The Morgan fingerprint density at radius 3 is 1.04 bits per heavy atom. The summed E-state index contributed by atoms with van der Waals surface area (Å²) in [5.74, 6) is 1.27. The number of hydrogen-bond acceptors (Lipinski definition) is 6. The van der Waals surface area contributed by atoms with E-state index in [1.54, 1.807) is 10.1 Å². The van der Waals surface area contributed by atoms with Gasteiger partial charge in [0.05, 0.1) is 0 Å². The summed E-state index contributed by atoms with van der Waals surface area (Å²) in [6, 6.07) is 0. The Balaban J connectivity index is 4.19. The Morgan fingerprint density at radius 1 is 0.571 bits per heavy atom. The Labute approximate surface area is 172 Å². The smallest absolute Gasteiger partial charge is 0.325 e. The number of carbonyl (C=O) groups is 2. The highest BCUT2D eigenvalue weighted by Gasteiger charge is 2.17. The van der Waals surface area contributed by atoms with Gasteiger partial charge >= 0.3 is 11.9 Å². The zero-order chi connectivity index (χ0) is 21.7. The molecule has 0 radical (unpaired) electrons. The van der Waals surface area contributed by atoms with Gasteiger partial charge in [-0.25, -0.2) is 0 Å². The highest BCUT2D eigenvalue weighted by atomic mass is 16.7. The van der Waals surface area contributed by atoms with Crippen LogP contribution in [0.15, 0.2) is 0 Å². The van der Waals surface area contributed by atoms with Gasteiger partial charge in [-0.2, -0.15) is 0 Å². The molecule has 0 saturated heterocycles. The molecule has 0 aliphatic carbocycles. The zero-order valence-corrected chi connectivity index (χ0v) is 19.5. The average Bonchev–Trinajstić information content (AvgIpc) is 2.48. The van der Waals surface area contributed by atoms with Crippen molar-refractivity contribution in [2.45, 2.75) is 81.1 Å². The molecule has 0 heterocycles. The third kappa shape index (κ3) is 15.9. The van der Waals surface area contributed by atoms with Crippen LogP contribution < -0.4 is 0 Å². The second kappa shape index (κ2) is 14.8. The van der Waals surface area contributed by atoms with Crippen molar-refractivity contribution in [3.05, 3.63) is 0 Å². The topological polar surface area (TPSA) is 59.1 Å². The predicted molar refractivity (Wildman–Crippen MR) is 113 cm³/mol. The molecule has 0 aromatic heterocycles. The molecular weight excluding hydrogens is 356 g/mol. The van der Waals surface area contributed by atoms with E-state index in [2.05, 4.69) is 55.4 Å². The van der Waals surface area contributed by atoms with Crippen LogP contribution in [0.3, 0.4) is 0 Å². The third-order valence-corrected chi connectivity index (χ3v) is 3.75. The molecule has 0 unspecified atom stereocenters. The minimum atomic E-state index is -0.226. The van der Waals surface area contributed by atoms with E-state index in [9.17, 15) is 9.59 Å². The predicted octanol–water partition coefficient (Wildman–Crippen LogP) is 4.69. The summed E-state index contributed by atoms with van der Waals surface area (Å²) in [5, 5.41) is 3.53. The van der Waals surface area contributed by atoms with Crippen LogP contribution in [0.5, 0.6) is 0 Å². The summed E-state index contributed by atoms with van der Waals surface area (Å²) < 4.78 is 0. The summed E-state index contributed by atoms with van der Waals surface area (Å²) in [7, 11) is 0. The Morgan fingerprint density at radius 2 is 0.821 bits per heavy atom. The molecule has 6 nitrogen and oxygen atoms in total.